The zero-order chi connectivity index (χ0) is 15.3. The average Bonchev–Trinajstić information content (AvgIpc) is 3.00. The highest BCUT2D eigenvalue weighted by atomic mass is 35.5. The zero-order valence-electron chi connectivity index (χ0n) is 12.9. The van der Waals surface area contributed by atoms with Crippen molar-refractivity contribution in [1.82, 2.24) is 0 Å². The van der Waals surface area contributed by atoms with Crippen LogP contribution in [0.25, 0.3) is 0 Å². The van der Waals surface area contributed by atoms with Crippen molar-refractivity contribution in [2.75, 3.05) is 5.32 Å². The second kappa shape index (κ2) is 5.17. The van der Waals surface area contributed by atoms with Gasteiger partial charge in [0.15, 0.2) is 0 Å². The number of halogens is 1. The molecule has 4 rings (SSSR count). The van der Waals surface area contributed by atoms with Crippen LogP contribution in [-0.4, -0.2) is 0 Å². The Morgan fingerprint density at radius 2 is 2.00 bits per heavy atom. The SMILES string of the molecule is Cc1ccc2c(c1C)N[C@H](c1cccc(Cl)c1)[C@@H]1CC=C[C@@H]21. The number of benzene rings is 2. The zero-order valence-corrected chi connectivity index (χ0v) is 13.7. The van der Waals surface area contributed by atoms with E-state index in [-0.39, 0.29) is 0 Å². The van der Waals surface area contributed by atoms with Crippen LogP contribution in [0.15, 0.2) is 48.6 Å². The summed E-state index contributed by atoms with van der Waals surface area (Å²) >= 11 is 6.22. The molecule has 112 valence electrons. The lowest BCUT2D eigenvalue weighted by molar-refractivity contribution is 0.425. The van der Waals surface area contributed by atoms with Crippen LogP contribution in [0.5, 0.6) is 0 Å². The van der Waals surface area contributed by atoms with E-state index in [2.05, 4.69) is 61.6 Å². The standard InChI is InChI=1S/C20H20ClN/c1-12-9-10-18-16-7-4-8-17(16)20(22-19(18)13(12)2)14-5-3-6-15(21)11-14/h3-7,9-11,16-17,20,22H,8H2,1-2H3/t16-,17-,20-/m1/s1. The first kappa shape index (κ1) is 13.9. The van der Waals surface area contributed by atoms with E-state index in [1.54, 1.807) is 0 Å². The summed E-state index contributed by atoms with van der Waals surface area (Å²) in [6.07, 6.45) is 5.84. The molecule has 0 amide bonds. The number of aryl methyl sites for hydroxylation is 1. The summed E-state index contributed by atoms with van der Waals surface area (Å²) in [5, 5.41) is 4.64. The maximum Gasteiger partial charge on any atom is 0.0554 e. The number of hydrogen-bond acceptors (Lipinski definition) is 1. The van der Waals surface area contributed by atoms with E-state index < -0.39 is 0 Å². The van der Waals surface area contributed by atoms with E-state index in [1.165, 1.54) is 27.9 Å². The van der Waals surface area contributed by atoms with Crippen LogP contribution in [-0.2, 0) is 0 Å². The molecular formula is C20H20ClN. The molecular weight excluding hydrogens is 290 g/mol. The Balaban J connectivity index is 1.84. The van der Waals surface area contributed by atoms with Gasteiger partial charge in [-0.3, -0.25) is 0 Å². The molecule has 0 fully saturated rings. The first-order valence-corrected chi connectivity index (χ1v) is 8.31. The molecule has 1 aliphatic carbocycles. The number of fused-ring (bicyclic) bond motifs is 3. The molecule has 2 aliphatic rings. The lowest BCUT2D eigenvalue weighted by atomic mass is 9.76. The topological polar surface area (TPSA) is 12.0 Å². The molecule has 0 aromatic heterocycles. The smallest absolute Gasteiger partial charge is 0.0554 e. The van der Waals surface area contributed by atoms with Gasteiger partial charge in [-0.15, -0.1) is 0 Å². The van der Waals surface area contributed by atoms with Crippen molar-refractivity contribution in [3.05, 3.63) is 75.8 Å². The van der Waals surface area contributed by atoms with Gasteiger partial charge in [-0.25, -0.2) is 0 Å². The fourth-order valence-electron chi connectivity index (χ4n) is 3.95. The molecule has 0 saturated heterocycles. The van der Waals surface area contributed by atoms with Crippen molar-refractivity contribution in [3.63, 3.8) is 0 Å². The average molecular weight is 310 g/mol. The van der Waals surface area contributed by atoms with E-state index >= 15 is 0 Å². The second-order valence-corrected chi connectivity index (χ2v) is 6.94. The number of anilines is 1. The fraction of sp³-hybridized carbons (Fsp3) is 0.300. The Morgan fingerprint density at radius 1 is 1.14 bits per heavy atom. The van der Waals surface area contributed by atoms with Gasteiger partial charge in [-0.05, 0) is 60.6 Å². The summed E-state index contributed by atoms with van der Waals surface area (Å²) in [5.74, 6) is 1.09. The Hall–Kier alpha value is -1.73. The van der Waals surface area contributed by atoms with E-state index in [0.717, 1.165) is 11.4 Å². The Kier molecular flexibility index (Phi) is 3.27. The Bertz CT molecular complexity index is 762. The number of nitrogens with one attached hydrogen (secondary N) is 1. The van der Waals surface area contributed by atoms with Crippen LogP contribution in [0.1, 0.15) is 40.6 Å². The van der Waals surface area contributed by atoms with Gasteiger partial charge >= 0.3 is 0 Å². The van der Waals surface area contributed by atoms with Crippen LogP contribution in [0.4, 0.5) is 5.69 Å². The van der Waals surface area contributed by atoms with Gasteiger partial charge in [-0.2, -0.15) is 0 Å². The van der Waals surface area contributed by atoms with Crippen molar-refractivity contribution in [2.45, 2.75) is 32.2 Å². The molecule has 0 spiro atoms. The molecule has 2 aromatic carbocycles. The highest BCUT2D eigenvalue weighted by Crippen LogP contribution is 2.51. The first-order chi connectivity index (χ1) is 10.6. The summed E-state index contributed by atoms with van der Waals surface area (Å²) in [4.78, 5) is 0. The quantitative estimate of drug-likeness (QED) is 0.658. The van der Waals surface area contributed by atoms with Crippen LogP contribution >= 0.6 is 11.6 Å². The van der Waals surface area contributed by atoms with Crippen LogP contribution in [0, 0.1) is 19.8 Å². The molecule has 3 atom stereocenters. The fourth-order valence-corrected chi connectivity index (χ4v) is 4.15. The van der Waals surface area contributed by atoms with Gasteiger partial charge in [0, 0.05) is 16.6 Å². The second-order valence-electron chi connectivity index (χ2n) is 6.50. The summed E-state index contributed by atoms with van der Waals surface area (Å²) in [7, 11) is 0. The minimum atomic E-state index is 0.326. The van der Waals surface area contributed by atoms with E-state index in [0.29, 0.717) is 17.9 Å². The van der Waals surface area contributed by atoms with Gasteiger partial charge in [0.25, 0.3) is 0 Å². The molecule has 0 saturated carbocycles. The van der Waals surface area contributed by atoms with Crippen molar-refractivity contribution in [3.8, 4) is 0 Å². The predicted octanol–water partition coefficient (Wildman–Crippen LogP) is 5.78. The monoisotopic (exact) mass is 309 g/mol. The highest BCUT2D eigenvalue weighted by molar-refractivity contribution is 6.30. The molecule has 2 aromatic rings. The van der Waals surface area contributed by atoms with Gasteiger partial charge < -0.3 is 5.32 Å². The van der Waals surface area contributed by atoms with E-state index in [4.69, 9.17) is 11.6 Å². The molecule has 1 nitrogen and oxygen atoms in total. The molecule has 0 unspecified atom stereocenters. The van der Waals surface area contributed by atoms with Crippen LogP contribution in [0.2, 0.25) is 5.02 Å². The molecule has 0 radical (unpaired) electrons. The van der Waals surface area contributed by atoms with Crippen LogP contribution in [0.3, 0.4) is 0 Å². The molecule has 0 bridgehead atoms. The molecule has 1 N–H and O–H groups in total. The van der Waals surface area contributed by atoms with Crippen molar-refractivity contribution < 1.29 is 0 Å². The van der Waals surface area contributed by atoms with Gasteiger partial charge in [0.05, 0.1) is 6.04 Å². The Labute approximate surface area is 137 Å². The van der Waals surface area contributed by atoms with Crippen LogP contribution < -0.4 is 5.32 Å². The number of hydrogen-bond donors (Lipinski definition) is 1. The van der Waals surface area contributed by atoms with E-state index in [9.17, 15) is 0 Å². The maximum atomic E-state index is 6.22. The molecule has 1 aliphatic heterocycles. The van der Waals surface area contributed by atoms with Crippen molar-refractivity contribution in [2.24, 2.45) is 5.92 Å². The van der Waals surface area contributed by atoms with E-state index in [1.807, 2.05) is 6.07 Å². The minimum absolute atomic E-state index is 0.326. The Morgan fingerprint density at radius 3 is 2.82 bits per heavy atom. The number of allylic oxidation sites excluding steroid dienone is 2. The summed E-state index contributed by atoms with van der Waals surface area (Å²) in [5.41, 5.74) is 6.76. The summed E-state index contributed by atoms with van der Waals surface area (Å²) in [6.45, 7) is 4.40. The third-order valence-electron chi connectivity index (χ3n) is 5.28. The lowest BCUT2D eigenvalue weighted by Gasteiger charge is -2.38. The molecule has 1 heterocycles. The molecule has 22 heavy (non-hydrogen) atoms. The highest BCUT2D eigenvalue weighted by Gasteiger charge is 2.38. The maximum absolute atomic E-state index is 6.22. The summed E-state index contributed by atoms with van der Waals surface area (Å²) in [6, 6.07) is 13.2. The first-order valence-electron chi connectivity index (χ1n) is 7.94. The van der Waals surface area contributed by atoms with Gasteiger partial charge in [0.1, 0.15) is 0 Å². The third-order valence-corrected chi connectivity index (χ3v) is 5.51. The third kappa shape index (κ3) is 2.07. The van der Waals surface area contributed by atoms with Crippen molar-refractivity contribution >= 4 is 17.3 Å². The number of rotatable bonds is 1. The van der Waals surface area contributed by atoms with Gasteiger partial charge in [0.2, 0.25) is 0 Å². The van der Waals surface area contributed by atoms with Gasteiger partial charge in [-0.1, -0.05) is 48.0 Å². The minimum Gasteiger partial charge on any atom is -0.377 e. The molecule has 2 heteroatoms. The lowest BCUT2D eigenvalue weighted by Crippen LogP contribution is -2.29. The summed E-state index contributed by atoms with van der Waals surface area (Å²) < 4.78 is 0. The largest absolute Gasteiger partial charge is 0.377 e. The predicted molar refractivity (Wildman–Crippen MR) is 93.7 cm³/mol. The van der Waals surface area contributed by atoms with Crippen molar-refractivity contribution in [1.29, 1.82) is 0 Å². The normalized spacial score (nSPS) is 25.5.